The Kier molecular flexibility index (Phi) is 5.92. The molecule has 32 heavy (non-hydrogen) atoms. The van der Waals surface area contributed by atoms with Gasteiger partial charge < -0.3 is 0 Å². The monoisotopic (exact) mass is 497 g/mol. The van der Waals surface area contributed by atoms with Gasteiger partial charge in [0, 0.05) is 18.2 Å². The minimum atomic E-state index is -7.10. The molecule has 0 spiro atoms. The third-order valence-electron chi connectivity index (χ3n) is 4.19. The van der Waals surface area contributed by atoms with Gasteiger partial charge in [-0.05, 0) is 4.20 Å². The lowest BCUT2D eigenvalue weighted by molar-refractivity contribution is 0.455. The highest BCUT2D eigenvalue weighted by atomic mass is 31.2. The summed E-state index contributed by atoms with van der Waals surface area (Å²) < 4.78 is 185. The number of halogens is 13. The van der Waals surface area contributed by atoms with Crippen LogP contribution in [0.2, 0.25) is 0 Å². The van der Waals surface area contributed by atoms with Gasteiger partial charge >= 0.3 is 7.57 Å². The van der Waals surface area contributed by atoms with Crippen molar-refractivity contribution in [3.63, 3.8) is 0 Å². The molecule has 170 valence electrons. The zero-order valence-corrected chi connectivity index (χ0v) is 15.5. The first kappa shape index (κ1) is 23.8. The lowest BCUT2D eigenvalue weighted by atomic mass is 10.3. The highest BCUT2D eigenvalue weighted by Gasteiger charge is 2.62. The van der Waals surface area contributed by atoms with Crippen LogP contribution >= 0.6 is 7.57 Å². The van der Waals surface area contributed by atoms with E-state index in [1.807, 2.05) is 0 Å². The molecular weight excluding hydrogens is 494 g/mol. The van der Waals surface area contributed by atoms with Crippen molar-refractivity contribution in [1.29, 1.82) is 0 Å². The van der Waals surface area contributed by atoms with Gasteiger partial charge in [0.2, 0.25) is 50.8 Å². The summed E-state index contributed by atoms with van der Waals surface area (Å²) in [5, 5.41) is -8.33. The van der Waals surface area contributed by atoms with Gasteiger partial charge in [0.1, 0.15) is 0 Å². The molecule has 0 bridgehead atoms. The predicted molar refractivity (Wildman–Crippen MR) is 85.8 cm³/mol. The minimum Gasteiger partial charge on any atom is -0.203 e. The van der Waals surface area contributed by atoms with Crippen LogP contribution in [0.1, 0.15) is 0 Å². The van der Waals surface area contributed by atoms with Crippen LogP contribution < -0.4 is 15.9 Å². The highest BCUT2D eigenvalue weighted by molar-refractivity contribution is 7.91. The smallest absolute Gasteiger partial charge is 0.203 e. The van der Waals surface area contributed by atoms with E-state index >= 15 is 4.20 Å². The first-order valence-electron chi connectivity index (χ1n) is 7.84. The summed E-state index contributed by atoms with van der Waals surface area (Å²) in [5.41, 5.74) is 0. The summed E-state index contributed by atoms with van der Waals surface area (Å²) in [7, 11) is -7.10. The Balaban J connectivity index is 2.72. The van der Waals surface area contributed by atoms with Gasteiger partial charge in [0.15, 0.2) is 34.9 Å². The molecule has 0 unspecified atom stereocenters. The number of hydrogen-bond donors (Lipinski definition) is 0. The van der Waals surface area contributed by atoms with Crippen molar-refractivity contribution in [2.75, 3.05) is 0 Å². The maximum atomic E-state index is 16.3. The Hall–Kier alpha value is -2.82. The van der Waals surface area contributed by atoms with Crippen LogP contribution in [0.15, 0.2) is 18.2 Å². The van der Waals surface area contributed by atoms with Gasteiger partial charge in [-0.1, -0.05) is 0 Å². The molecule has 3 aromatic carbocycles. The van der Waals surface area contributed by atoms with Gasteiger partial charge in [-0.2, -0.15) is 26.3 Å². The summed E-state index contributed by atoms with van der Waals surface area (Å²) in [6, 6.07) is -1.64. The Morgan fingerprint density at radius 3 is 0.656 bits per heavy atom. The van der Waals surface area contributed by atoms with E-state index < -0.39 is 111 Å². The molecular formula is C18H3F13P+. The molecule has 0 amide bonds. The van der Waals surface area contributed by atoms with Gasteiger partial charge in [0.05, 0.1) is 0 Å². The van der Waals surface area contributed by atoms with E-state index in [-0.39, 0.29) is 0 Å². The lowest BCUT2D eigenvalue weighted by Crippen LogP contribution is -2.40. The molecule has 0 atom stereocenters. The van der Waals surface area contributed by atoms with Crippen LogP contribution in [0, 0.1) is 69.8 Å². The summed E-state index contributed by atoms with van der Waals surface area (Å²) in [4.78, 5) is 0. The van der Waals surface area contributed by atoms with Crippen LogP contribution in [-0.4, -0.2) is 0 Å². The molecule has 0 aliphatic heterocycles. The van der Waals surface area contributed by atoms with Crippen LogP contribution in [0.5, 0.6) is 0 Å². The van der Waals surface area contributed by atoms with E-state index in [2.05, 4.69) is 0 Å². The van der Waals surface area contributed by atoms with E-state index in [9.17, 15) is 52.7 Å². The SMILES string of the molecule is Fc1cc(F)c(F)c([P+](F)(c2c(F)c(F)cc(F)c2F)c2c(F)c(F)cc(F)c2F)c1F. The Morgan fingerprint density at radius 2 is 0.500 bits per heavy atom. The zero-order chi connectivity index (χ0) is 24.3. The second-order valence-electron chi connectivity index (χ2n) is 6.04. The molecule has 14 heteroatoms. The molecule has 0 aliphatic rings. The van der Waals surface area contributed by atoms with Gasteiger partial charge in [0.25, 0.3) is 0 Å². The highest BCUT2D eigenvalue weighted by Crippen LogP contribution is 2.60. The molecule has 0 heterocycles. The minimum absolute atomic E-state index is 0.545. The van der Waals surface area contributed by atoms with Crippen molar-refractivity contribution in [3.05, 3.63) is 88.0 Å². The molecule has 0 nitrogen and oxygen atoms in total. The lowest BCUT2D eigenvalue weighted by Gasteiger charge is -2.20. The van der Waals surface area contributed by atoms with Crippen LogP contribution in [0.3, 0.4) is 0 Å². The Bertz CT molecular complexity index is 1040. The zero-order valence-electron chi connectivity index (χ0n) is 14.6. The van der Waals surface area contributed by atoms with Crippen LogP contribution in [0.25, 0.3) is 0 Å². The third kappa shape index (κ3) is 3.30. The van der Waals surface area contributed by atoms with Crippen molar-refractivity contribution in [3.8, 4) is 0 Å². The van der Waals surface area contributed by atoms with E-state index in [4.69, 9.17) is 0 Å². The van der Waals surface area contributed by atoms with Gasteiger partial charge in [-0.15, -0.1) is 0 Å². The van der Waals surface area contributed by atoms with Crippen molar-refractivity contribution in [1.82, 2.24) is 0 Å². The maximum absolute atomic E-state index is 16.3. The summed E-state index contributed by atoms with van der Waals surface area (Å²) >= 11 is 0. The van der Waals surface area contributed by atoms with Crippen molar-refractivity contribution >= 4 is 23.5 Å². The van der Waals surface area contributed by atoms with Crippen LogP contribution in [-0.2, 0) is 0 Å². The average molecular weight is 497 g/mol. The quantitative estimate of drug-likeness (QED) is 0.254. The van der Waals surface area contributed by atoms with E-state index in [0.717, 1.165) is 0 Å². The standard InChI is InChI=1S/C18H3F13P/c19-4-1-5(20)11(26)16(10(4)25)32(31,17-12(27)6(21)2-7(22)13(17)28)18-14(29)8(23)3-9(24)15(18)30/h1-3H/q+1. The van der Waals surface area contributed by atoms with Gasteiger partial charge in [-0.25, -0.2) is 26.3 Å². The summed E-state index contributed by atoms with van der Waals surface area (Å²) in [5.74, 6) is -31.9. The normalized spacial score (nSPS) is 11.9. The molecule has 0 saturated carbocycles. The third-order valence-corrected chi connectivity index (χ3v) is 7.22. The fraction of sp³-hybridized carbons (Fsp3) is 0. The fourth-order valence-electron chi connectivity index (χ4n) is 2.83. The van der Waals surface area contributed by atoms with E-state index in [1.165, 1.54) is 0 Å². The van der Waals surface area contributed by atoms with E-state index in [1.54, 1.807) is 0 Å². The molecule has 0 radical (unpaired) electrons. The molecule has 3 aromatic rings. The number of benzene rings is 3. The van der Waals surface area contributed by atoms with Crippen molar-refractivity contribution < 1.29 is 56.9 Å². The van der Waals surface area contributed by atoms with E-state index in [0.29, 0.717) is 0 Å². The molecule has 0 N–H and O–H groups in total. The Labute approximate surface area is 169 Å². The van der Waals surface area contributed by atoms with Gasteiger partial charge in [-0.3, -0.25) is 0 Å². The average Bonchev–Trinajstić information content (AvgIpc) is 2.70. The molecule has 0 fully saturated rings. The van der Waals surface area contributed by atoms with Crippen molar-refractivity contribution in [2.45, 2.75) is 0 Å². The summed E-state index contributed by atoms with van der Waals surface area (Å²) in [6.45, 7) is 0. The number of rotatable bonds is 3. The molecule has 3 rings (SSSR count). The second-order valence-corrected chi connectivity index (χ2v) is 8.56. The molecule has 0 aromatic heterocycles. The van der Waals surface area contributed by atoms with Crippen LogP contribution in [0.4, 0.5) is 56.9 Å². The fourth-order valence-corrected chi connectivity index (χ4v) is 5.76. The Morgan fingerprint density at radius 1 is 0.344 bits per heavy atom. The molecule has 0 saturated heterocycles. The first-order chi connectivity index (χ1) is 14.7. The topological polar surface area (TPSA) is 0 Å². The largest absolute Gasteiger partial charge is 0.317 e. The summed E-state index contributed by atoms with van der Waals surface area (Å²) in [6.07, 6.45) is 0. The first-order valence-corrected chi connectivity index (χ1v) is 9.52. The maximum Gasteiger partial charge on any atom is 0.317 e. The van der Waals surface area contributed by atoms with Crippen molar-refractivity contribution in [2.24, 2.45) is 0 Å². The number of hydrogen-bond acceptors (Lipinski definition) is 0. The molecule has 0 aliphatic carbocycles. The predicted octanol–water partition coefficient (Wildman–Crippen LogP) is 5.53. The second kappa shape index (κ2) is 7.95.